The molecule has 0 aliphatic carbocycles. The van der Waals surface area contributed by atoms with Gasteiger partial charge in [-0.1, -0.05) is 0 Å². The molecule has 2 aromatic heterocycles. The highest BCUT2D eigenvalue weighted by Gasteiger charge is 2.10. The number of nitrogens with zero attached hydrogens (tertiary/aromatic N) is 5. The molecule has 2 heterocycles. The van der Waals surface area contributed by atoms with Gasteiger partial charge < -0.3 is 5.73 Å². The van der Waals surface area contributed by atoms with Gasteiger partial charge in [-0.3, -0.25) is 10.1 Å². The van der Waals surface area contributed by atoms with Crippen LogP contribution in [0.3, 0.4) is 0 Å². The lowest BCUT2D eigenvalue weighted by molar-refractivity contribution is 0.102. The third-order valence-corrected chi connectivity index (χ3v) is 1.85. The third-order valence-electron chi connectivity index (χ3n) is 1.85. The quantitative estimate of drug-likeness (QED) is 0.700. The van der Waals surface area contributed by atoms with E-state index in [1.54, 1.807) is 7.05 Å². The van der Waals surface area contributed by atoms with Gasteiger partial charge in [0, 0.05) is 7.05 Å². The van der Waals surface area contributed by atoms with Gasteiger partial charge in [0.05, 0.1) is 0 Å². The molecule has 3 N–H and O–H groups in total. The number of nitrogen functional groups attached to an aromatic ring is 1. The van der Waals surface area contributed by atoms with Crippen LogP contribution in [0.15, 0.2) is 18.5 Å². The molecule has 0 fully saturated rings. The van der Waals surface area contributed by atoms with Crippen LogP contribution in [0.25, 0.3) is 0 Å². The van der Waals surface area contributed by atoms with Gasteiger partial charge in [-0.2, -0.15) is 10.1 Å². The summed E-state index contributed by atoms with van der Waals surface area (Å²) in [7, 11) is 1.66. The molecule has 0 aliphatic rings. The molecular formula is C8H9N7O. The fourth-order valence-corrected chi connectivity index (χ4v) is 1.04. The molecule has 8 heteroatoms. The molecule has 0 bridgehead atoms. The molecule has 82 valence electrons. The minimum atomic E-state index is -0.413. The summed E-state index contributed by atoms with van der Waals surface area (Å²) in [4.78, 5) is 15.5. The van der Waals surface area contributed by atoms with Crippen molar-refractivity contribution < 1.29 is 4.79 Å². The summed E-state index contributed by atoms with van der Waals surface area (Å²) < 4.78 is 1.43. The van der Waals surface area contributed by atoms with Crippen molar-refractivity contribution in [3.05, 3.63) is 24.2 Å². The van der Waals surface area contributed by atoms with Crippen molar-refractivity contribution in [1.29, 1.82) is 0 Å². The second-order valence-corrected chi connectivity index (χ2v) is 3.00. The molecular weight excluding hydrogens is 210 g/mol. The predicted molar refractivity (Wildman–Crippen MR) is 55.4 cm³/mol. The lowest BCUT2D eigenvalue weighted by atomic mass is 10.3. The van der Waals surface area contributed by atoms with Crippen LogP contribution in [-0.2, 0) is 7.05 Å². The smallest absolute Gasteiger partial charge is 0.278 e. The van der Waals surface area contributed by atoms with Gasteiger partial charge in [-0.05, 0) is 12.1 Å². The summed E-state index contributed by atoms with van der Waals surface area (Å²) in [5.41, 5.74) is 5.52. The highest BCUT2D eigenvalue weighted by atomic mass is 16.2. The first-order valence-electron chi connectivity index (χ1n) is 4.41. The Balaban J connectivity index is 2.15. The van der Waals surface area contributed by atoms with Crippen LogP contribution >= 0.6 is 0 Å². The number of nitrogens with one attached hydrogen (secondary N) is 1. The van der Waals surface area contributed by atoms with Crippen molar-refractivity contribution in [2.24, 2.45) is 7.05 Å². The maximum atomic E-state index is 11.6. The number of rotatable bonds is 2. The molecule has 2 rings (SSSR count). The molecule has 0 spiro atoms. The fourth-order valence-electron chi connectivity index (χ4n) is 1.04. The number of carbonyl (C=O) groups excluding carboxylic acids is 1. The zero-order valence-corrected chi connectivity index (χ0v) is 8.45. The Kier molecular flexibility index (Phi) is 2.46. The average molecular weight is 219 g/mol. The minimum absolute atomic E-state index is 0.164. The number of carbonyl (C=O) groups is 1. The van der Waals surface area contributed by atoms with Crippen LogP contribution in [0.5, 0.6) is 0 Å². The first kappa shape index (κ1) is 10.0. The van der Waals surface area contributed by atoms with E-state index < -0.39 is 5.91 Å². The SMILES string of the molecule is Cn1ncnc1NC(=O)c1ccc(N)nn1. The van der Waals surface area contributed by atoms with Crippen LogP contribution in [-0.4, -0.2) is 30.9 Å². The normalized spacial score (nSPS) is 10.1. The average Bonchev–Trinajstić information content (AvgIpc) is 2.65. The van der Waals surface area contributed by atoms with Crippen molar-refractivity contribution in [2.75, 3.05) is 11.1 Å². The van der Waals surface area contributed by atoms with E-state index in [-0.39, 0.29) is 11.5 Å². The van der Waals surface area contributed by atoms with Crippen LogP contribution in [0.1, 0.15) is 10.5 Å². The first-order chi connectivity index (χ1) is 7.66. The van der Waals surface area contributed by atoms with Gasteiger partial charge >= 0.3 is 0 Å². The Labute approximate surface area is 90.5 Å². The number of aryl methyl sites for hydroxylation is 1. The van der Waals surface area contributed by atoms with Crippen LogP contribution in [0, 0.1) is 0 Å². The molecule has 0 radical (unpaired) electrons. The molecule has 0 aliphatic heterocycles. The van der Waals surface area contributed by atoms with E-state index in [4.69, 9.17) is 5.73 Å². The van der Waals surface area contributed by atoms with Gasteiger partial charge in [0.15, 0.2) is 5.69 Å². The molecule has 0 atom stereocenters. The van der Waals surface area contributed by atoms with Crippen molar-refractivity contribution in [3.8, 4) is 0 Å². The second kappa shape index (κ2) is 3.93. The molecule has 0 unspecified atom stereocenters. The molecule has 2 aromatic rings. The fraction of sp³-hybridized carbons (Fsp3) is 0.125. The minimum Gasteiger partial charge on any atom is -0.382 e. The van der Waals surface area contributed by atoms with E-state index in [1.165, 1.54) is 23.1 Å². The topological polar surface area (TPSA) is 112 Å². The predicted octanol–water partition coefficient (Wildman–Crippen LogP) is -0.560. The Morgan fingerprint density at radius 1 is 1.44 bits per heavy atom. The van der Waals surface area contributed by atoms with Gasteiger partial charge in [0.2, 0.25) is 5.95 Å². The Morgan fingerprint density at radius 3 is 2.81 bits per heavy atom. The molecule has 16 heavy (non-hydrogen) atoms. The largest absolute Gasteiger partial charge is 0.382 e. The van der Waals surface area contributed by atoms with Gasteiger partial charge in [0.1, 0.15) is 12.1 Å². The lowest BCUT2D eigenvalue weighted by Gasteiger charge is -2.02. The van der Waals surface area contributed by atoms with E-state index in [2.05, 4.69) is 25.6 Å². The Bertz CT molecular complexity index is 503. The molecule has 8 nitrogen and oxygen atoms in total. The maximum Gasteiger partial charge on any atom is 0.278 e. The summed E-state index contributed by atoms with van der Waals surface area (Å²) in [5.74, 6) is 0.183. The zero-order chi connectivity index (χ0) is 11.5. The van der Waals surface area contributed by atoms with Crippen molar-refractivity contribution in [2.45, 2.75) is 0 Å². The van der Waals surface area contributed by atoms with Gasteiger partial charge in [0.25, 0.3) is 5.91 Å². The highest BCUT2D eigenvalue weighted by Crippen LogP contribution is 2.02. The number of amides is 1. The number of nitrogens with two attached hydrogens (primary N) is 1. The number of anilines is 2. The standard InChI is InChI=1S/C8H9N7O/c1-15-8(10-4-11-15)12-7(16)5-2-3-6(9)14-13-5/h2-4H,1H3,(H2,9,14)(H,10,11,12,16). The van der Waals surface area contributed by atoms with E-state index in [0.717, 1.165) is 0 Å². The number of hydrogen-bond donors (Lipinski definition) is 2. The zero-order valence-electron chi connectivity index (χ0n) is 8.45. The van der Waals surface area contributed by atoms with Crippen LogP contribution < -0.4 is 11.1 Å². The van der Waals surface area contributed by atoms with Gasteiger partial charge in [-0.15, -0.1) is 10.2 Å². The van der Waals surface area contributed by atoms with Gasteiger partial charge in [-0.25, -0.2) is 4.68 Å². The van der Waals surface area contributed by atoms with E-state index in [1.807, 2.05) is 0 Å². The van der Waals surface area contributed by atoms with Crippen molar-refractivity contribution in [1.82, 2.24) is 25.0 Å². The van der Waals surface area contributed by atoms with E-state index in [9.17, 15) is 4.79 Å². The first-order valence-corrected chi connectivity index (χ1v) is 4.41. The number of aromatic nitrogens is 5. The maximum absolute atomic E-state index is 11.6. The summed E-state index contributed by atoms with van der Waals surface area (Å²) >= 11 is 0. The Hall–Kier alpha value is -2.51. The molecule has 1 amide bonds. The molecule has 0 aromatic carbocycles. The van der Waals surface area contributed by atoms with Crippen LogP contribution in [0.4, 0.5) is 11.8 Å². The summed E-state index contributed by atoms with van der Waals surface area (Å²) in [6.07, 6.45) is 1.34. The van der Waals surface area contributed by atoms with Crippen molar-refractivity contribution >= 4 is 17.7 Å². The summed E-state index contributed by atoms with van der Waals surface area (Å²) in [6, 6.07) is 2.98. The van der Waals surface area contributed by atoms with E-state index in [0.29, 0.717) is 5.95 Å². The second-order valence-electron chi connectivity index (χ2n) is 3.00. The molecule has 0 saturated carbocycles. The monoisotopic (exact) mass is 219 g/mol. The summed E-state index contributed by atoms with van der Waals surface area (Å²) in [6.45, 7) is 0. The van der Waals surface area contributed by atoms with Crippen molar-refractivity contribution in [3.63, 3.8) is 0 Å². The third kappa shape index (κ3) is 1.95. The molecule has 0 saturated heterocycles. The van der Waals surface area contributed by atoms with Crippen LogP contribution in [0.2, 0.25) is 0 Å². The van der Waals surface area contributed by atoms with E-state index >= 15 is 0 Å². The Morgan fingerprint density at radius 2 is 2.25 bits per heavy atom. The lowest BCUT2D eigenvalue weighted by Crippen LogP contribution is -2.17. The highest BCUT2D eigenvalue weighted by molar-refractivity contribution is 6.01. The summed E-state index contributed by atoms with van der Waals surface area (Å²) in [5, 5.41) is 13.6. The number of hydrogen-bond acceptors (Lipinski definition) is 6.